The van der Waals surface area contributed by atoms with Gasteiger partial charge < -0.3 is 5.32 Å². The molecule has 0 saturated carbocycles. The number of carbonyl (C=O) groups is 1. The molecule has 0 atom stereocenters. The second kappa shape index (κ2) is 8.47. The van der Waals surface area contributed by atoms with Crippen molar-refractivity contribution < 1.29 is 4.79 Å². The molecule has 0 aliphatic carbocycles. The molecule has 4 rings (SSSR count). The Balaban J connectivity index is 1.76. The average Bonchev–Trinajstić information content (AvgIpc) is 3.19. The zero-order chi connectivity index (χ0) is 22.1. The number of halogens is 1. The molecule has 1 N–H and O–H groups in total. The molecule has 6 heteroatoms. The van der Waals surface area contributed by atoms with E-state index in [0.29, 0.717) is 5.82 Å². The summed E-state index contributed by atoms with van der Waals surface area (Å²) in [5.41, 5.74) is 7.09. The Morgan fingerprint density at radius 2 is 1.48 bits per heavy atom. The molecule has 1 amide bonds. The fourth-order valence-corrected chi connectivity index (χ4v) is 3.50. The lowest BCUT2D eigenvalue weighted by Gasteiger charge is -2.08. The number of nitrogens with zero attached hydrogens (tertiary/aromatic N) is 3. The Labute approximate surface area is 190 Å². The van der Waals surface area contributed by atoms with Gasteiger partial charge in [-0.25, -0.2) is 9.67 Å². The quantitative estimate of drug-likeness (QED) is 0.383. The minimum absolute atomic E-state index is 0.120. The molecule has 31 heavy (non-hydrogen) atoms. The fourth-order valence-electron chi connectivity index (χ4n) is 3.24. The maximum absolute atomic E-state index is 13.0. The van der Waals surface area contributed by atoms with Crippen LogP contribution in [0.2, 0.25) is 0 Å². The predicted molar refractivity (Wildman–Crippen MR) is 128 cm³/mol. The van der Waals surface area contributed by atoms with E-state index < -0.39 is 0 Å². The lowest BCUT2D eigenvalue weighted by atomic mass is 10.1. The molecule has 5 nitrogen and oxygen atoms in total. The number of aryl methyl sites for hydroxylation is 4. The van der Waals surface area contributed by atoms with Crippen molar-refractivity contribution in [3.63, 3.8) is 0 Å². The molecule has 0 bridgehead atoms. The molecular weight excluding hydrogens is 452 g/mol. The highest BCUT2D eigenvalue weighted by Gasteiger charge is 2.19. The van der Waals surface area contributed by atoms with Crippen molar-refractivity contribution in [2.75, 3.05) is 5.32 Å². The first-order chi connectivity index (χ1) is 14.8. The summed E-state index contributed by atoms with van der Waals surface area (Å²) in [6, 6.07) is 19.7. The van der Waals surface area contributed by atoms with Crippen molar-refractivity contribution in [2.24, 2.45) is 0 Å². The van der Waals surface area contributed by atoms with Crippen LogP contribution in [0, 0.1) is 27.7 Å². The predicted octanol–water partition coefficient (Wildman–Crippen LogP) is 6.18. The number of aromatic nitrogens is 3. The summed E-state index contributed by atoms with van der Waals surface area (Å²) >= 11 is 3.47. The standard InChI is InChI=1S/C25H23BrN4O/c1-15-5-11-21(13-17(15)3)27-25(31)23-28-24(19-7-9-20(26)10-8-19)30(29-23)22-12-6-16(2)18(4)14-22/h5-14H,1-4H3,(H,27,31). The van der Waals surface area contributed by atoms with Crippen molar-refractivity contribution >= 4 is 27.5 Å². The van der Waals surface area contributed by atoms with E-state index in [1.807, 2.05) is 68.4 Å². The lowest BCUT2D eigenvalue weighted by molar-refractivity contribution is 0.101. The Bertz CT molecular complexity index is 1280. The van der Waals surface area contributed by atoms with Gasteiger partial charge in [-0.15, -0.1) is 5.10 Å². The van der Waals surface area contributed by atoms with E-state index in [1.165, 1.54) is 11.1 Å². The van der Waals surface area contributed by atoms with Gasteiger partial charge in [0.05, 0.1) is 5.69 Å². The van der Waals surface area contributed by atoms with Crippen LogP contribution < -0.4 is 5.32 Å². The highest BCUT2D eigenvalue weighted by molar-refractivity contribution is 9.10. The van der Waals surface area contributed by atoms with E-state index in [9.17, 15) is 4.79 Å². The molecule has 3 aromatic carbocycles. The maximum atomic E-state index is 13.0. The largest absolute Gasteiger partial charge is 0.319 e. The van der Waals surface area contributed by atoms with Crippen LogP contribution in [0.25, 0.3) is 17.1 Å². The van der Waals surface area contributed by atoms with Gasteiger partial charge in [-0.2, -0.15) is 0 Å². The minimum atomic E-state index is -0.343. The Morgan fingerprint density at radius 1 is 0.839 bits per heavy atom. The van der Waals surface area contributed by atoms with E-state index in [4.69, 9.17) is 0 Å². The molecule has 156 valence electrons. The van der Waals surface area contributed by atoms with Crippen LogP contribution in [0.3, 0.4) is 0 Å². The lowest BCUT2D eigenvalue weighted by Crippen LogP contribution is -2.14. The summed E-state index contributed by atoms with van der Waals surface area (Å²) in [4.78, 5) is 17.6. The number of hydrogen-bond donors (Lipinski definition) is 1. The number of nitrogens with one attached hydrogen (secondary N) is 1. The Morgan fingerprint density at radius 3 is 2.13 bits per heavy atom. The SMILES string of the molecule is Cc1ccc(NC(=O)c2nc(-c3ccc(Br)cc3)n(-c3ccc(C)c(C)c3)n2)cc1C. The highest BCUT2D eigenvalue weighted by atomic mass is 79.9. The van der Waals surface area contributed by atoms with Crippen LogP contribution in [-0.4, -0.2) is 20.7 Å². The first-order valence-corrected chi connectivity index (χ1v) is 10.8. The molecule has 0 saturated heterocycles. The zero-order valence-electron chi connectivity index (χ0n) is 17.9. The molecular formula is C25H23BrN4O. The third-order valence-corrected chi connectivity index (χ3v) is 5.94. The van der Waals surface area contributed by atoms with Crippen LogP contribution >= 0.6 is 15.9 Å². The van der Waals surface area contributed by atoms with Gasteiger partial charge in [-0.05, 0) is 86.3 Å². The van der Waals surface area contributed by atoms with Crippen molar-refractivity contribution in [3.8, 4) is 17.1 Å². The van der Waals surface area contributed by atoms with E-state index in [1.54, 1.807) is 4.68 Å². The molecule has 0 radical (unpaired) electrons. The second-order valence-corrected chi connectivity index (χ2v) is 8.62. The normalized spacial score (nSPS) is 10.9. The van der Waals surface area contributed by atoms with Gasteiger partial charge >= 0.3 is 0 Å². The summed E-state index contributed by atoms with van der Waals surface area (Å²) < 4.78 is 2.70. The molecule has 1 aromatic heterocycles. The number of amides is 1. The van der Waals surface area contributed by atoms with Crippen LogP contribution in [0.5, 0.6) is 0 Å². The topological polar surface area (TPSA) is 59.8 Å². The molecule has 4 aromatic rings. The molecule has 1 heterocycles. The van der Waals surface area contributed by atoms with E-state index in [2.05, 4.69) is 51.2 Å². The number of hydrogen-bond acceptors (Lipinski definition) is 3. The number of carbonyl (C=O) groups excluding carboxylic acids is 1. The van der Waals surface area contributed by atoms with Crippen LogP contribution in [0.1, 0.15) is 32.9 Å². The fraction of sp³-hybridized carbons (Fsp3) is 0.160. The first kappa shape index (κ1) is 21.0. The first-order valence-electron chi connectivity index (χ1n) is 10.0. The summed E-state index contributed by atoms with van der Waals surface area (Å²) in [7, 11) is 0. The molecule has 0 spiro atoms. The summed E-state index contributed by atoms with van der Waals surface area (Å²) in [5.74, 6) is 0.388. The third-order valence-electron chi connectivity index (χ3n) is 5.41. The van der Waals surface area contributed by atoms with E-state index >= 15 is 0 Å². The van der Waals surface area contributed by atoms with Crippen LogP contribution in [-0.2, 0) is 0 Å². The molecule has 0 aliphatic heterocycles. The summed E-state index contributed by atoms with van der Waals surface area (Å²) in [5, 5.41) is 7.48. The van der Waals surface area contributed by atoms with Gasteiger partial charge in [0.25, 0.3) is 5.91 Å². The minimum Gasteiger partial charge on any atom is -0.319 e. The summed E-state index contributed by atoms with van der Waals surface area (Å²) in [6.45, 7) is 8.18. The van der Waals surface area contributed by atoms with Crippen molar-refractivity contribution in [1.82, 2.24) is 14.8 Å². The number of rotatable bonds is 4. The van der Waals surface area contributed by atoms with Gasteiger partial charge in [0.2, 0.25) is 5.82 Å². The third kappa shape index (κ3) is 4.44. The van der Waals surface area contributed by atoms with Gasteiger partial charge in [0.15, 0.2) is 5.82 Å². The van der Waals surface area contributed by atoms with Crippen molar-refractivity contribution in [2.45, 2.75) is 27.7 Å². The van der Waals surface area contributed by atoms with Crippen LogP contribution in [0.15, 0.2) is 65.1 Å². The van der Waals surface area contributed by atoms with Gasteiger partial charge in [0, 0.05) is 15.7 Å². The molecule has 0 aliphatic rings. The smallest absolute Gasteiger partial charge is 0.295 e. The van der Waals surface area contributed by atoms with Crippen molar-refractivity contribution in [3.05, 3.63) is 93.2 Å². The zero-order valence-corrected chi connectivity index (χ0v) is 19.5. The number of benzene rings is 3. The number of anilines is 1. The van der Waals surface area contributed by atoms with E-state index in [0.717, 1.165) is 32.5 Å². The molecule has 0 fully saturated rings. The Hall–Kier alpha value is -3.25. The summed E-state index contributed by atoms with van der Waals surface area (Å²) in [6.07, 6.45) is 0. The Kier molecular flexibility index (Phi) is 5.74. The van der Waals surface area contributed by atoms with Gasteiger partial charge in [-0.3, -0.25) is 4.79 Å². The van der Waals surface area contributed by atoms with Gasteiger partial charge in [-0.1, -0.05) is 40.2 Å². The maximum Gasteiger partial charge on any atom is 0.295 e. The van der Waals surface area contributed by atoms with Gasteiger partial charge in [0.1, 0.15) is 0 Å². The second-order valence-electron chi connectivity index (χ2n) is 7.70. The molecule has 0 unspecified atom stereocenters. The van der Waals surface area contributed by atoms with Crippen molar-refractivity contribution in [1.29, 1.82) is 0 Å². The van der Waals surface area contributed by atoms with Crippen LogP contribution in [0.4, 0.5) is 5.69 Å². The highest BCUT2D eigenvalue weighted by Crippen LogP contribution is 2.25. The van der Waals surface area contributed by atoms with E-state index in [-0.39, 0.29) is 11.7 Å². The average molecular weight is 475 g/mol. The monoisotopic (exact) mass is 474 g/mol.